The summed E-state index contributed by atoms with van der Waals surface area (Å²) in [6.07, 6.45) is -4.04. The number of nitrogens with two attached hydrogens (primary N) is 1. The summed E-state index contributed by atoms with van der Waals surface area (Å²) < 4.78 is 38.6. The number of primary amides is 1. The molecule has 0 atom stereocenters. The predicted molar refractivity (Wildman–Crippen MR) is 89.3 cm³/mol. The second kappa shape index (κ2) is 6.46. The Morgan fingerprint density at radius 3 is 2.48 bits per heavy atom. The van der Waals surface area contributed by atoms with Gasteiger partial charge in [0, 0.05) is 13.0 Å². The van der Waals surface area contributed by atoms with Crippen molar-refractivity contribution >= 4 is 23.2 Å². The summed E-state index contributed by atoms with van der Waals surface area (Å²) in [5.74, 6) is 0.385. The van der Waals surface area contributed by atoms with E-state index in [0.717, 1.165) is 12.1 Å². The first-order valence-corrected chi connectivity index (χ1v) is 7.53. The number of para-hydroxylation sites is 1. The van der Waals surface area contributed by atoms with Crippen molar-refractivity contribution in [1.29, 1.82) is 0 Å². The van der Waals surface area contributed by atoms with Crippen LogP contribution in [-0.4, -0.2) is 18.4 Å². The number of nitrogens with zero attached hydrogens (tertiary/aromatic N) is 3. The van der Waals surface area contributed by atoms with Crippen molar-refractivity contribution < 1.29 is 18.0 Å². The number of alkyl halides is 3. The molecule has 2 aromatic carbocycles. The monoisotopic (exact) mass is 348 g/mol. The van der Waals surface area contributed by atoms with Gasteiger partial charge < -0.3 is 5.73 Å². The molecule has 0 spiro atoms. The molecule has 1 aliphatic rings. The van der Waals surface area contributed by atoms with Crippen molar-refractivity contribution in [2.24, 2.45) is 10.8 Å². The molecule has 2 N–H and O–H groups in total. The van der Waals surface area contributed by atoms with E-state index in [4.69, 9.17) is 5.73 Å². The molecular weight excluding hydrogens is 333 g/mol. The Morgan fingerprint density at radius 1 is 1.12 bits per heavy atom. The standard InChI is InChI=1S/C17H15F3N4O/c18-17(19,20)12-5-4-8-14(11-12)23-10-9-15(22-23)24(16(21)25)13-6-2-1-3-7-13/h1-8,11H,9-10H2,(H2,21,25). The van der Waals surface area contributed by atoms with Gasteiger partial charge in [0.1, 0.15) is 5.84 Å². The summed E-state index contributed by atoms with van der Waals surface area (Å²) >= 11 is 0. The summed E-state index contributed by atoms with van der Waals surface area (Å²) in [6.45, 7) is 0.354. The minimum absolute atomic E-state index is 0.308. The SMILES string of the molecule is NC(=O)N(C1=NN(c2cccc(C(F)(F)F)c2)CC1)c1ccccc1. The van der Waals surface area contributed by atoms with Crippen LogP contribution < -0.4 is 15.6 Å². The molecule has 130 valence electrons. The van der Waals surface area contributed by atoms with Gasteiger partial charge in [-0.1, -0.05) is 24.3 Å². The number of halogens is 3. The van der Waals surface area contributed by atoms with Gasteiger partial charge in [0.25, 0.3) is 0 Å². The van der Waals surface area contributed by atoms with Crippen molar-refractivity contribution in [3.63, 3.8) is 0 Å². The van der Waals surface area contributed by atoms with Crippen molar-refractivity contribution in [2.75, 3.05) is 16.5 Å². The van der Waals surface area contributed by atoms with Crippen LogP contribution in [0, 0.1) is 0 Å². The number of hydrogen-bond donors (Lipinski definition) is 1. The van der Waals surface area contributed by atoms with Crippen LogP contribution in [0.15, 0.2) is 59.7 Å². The fourth-order valence-corrected chi connectivity index (χ4v) is 2.61. The zero-order valence-corrected chi connectivity index (χ0v) is 13.1. The molecule has 0 fully saturated rings. The minimum Gasteiger partial charge on any atom is -0.351 e. The van der Waals surface area contributed by atoms with Gasteiger partial charge in [0.2, 0.25) is 0 Å². The second-order valence-electron chi connectivity index (χ2n) is 5.45. The first kappa shape index (κ1) is 16.8. The fraction of sp³-hybridized carbons (Fsp3) is 0.176. The smallest absolute Gasteiger partial charge is 0.351 e. The van der Waals surface area contributed by atoms with Crippen molar-refractivity contribution in [3.05, 3.63) is 60.2 Å². The third-order valence-corrected chi connectivity index (χ3v) is 3.75. The number of urea groups is 1. The fourth-order valence-electron chi connectivity index (χ4n) is 2.61. The minimum atomic E-state index is -4.43. The van der Waals surface area contributed by atoms with E-state index in [-0.39, 0.29) is 0 Å². The molecule has 2 amide bonds. The molecule has 0 aromatic heterocycles. The van der Waals surface area contributed by atoms with E-state index in [1.54, 1.807) is 36.4 Å². The molecule has 0 unspecified atom stereocenters. The third kappa shape index (κ3) is 3.57. The lowest BCUT2D eigenvalue weighted by atomic mass is 10.2. The lowest BCUT2D eigenvalue weighted by Crippen LogP contribution is -2.40. The molecule has 2 aromatic rings. The zero-order chi connectivity index (χ0) is 18.0. The normalized spacial score (nSPS) is 14.4. The largest absolute Gasteiger partial charge is 0.416 e. The number of carbonyl (C=O) groups excluding carboxylic acids is 1. The van der Waals surface area contributed by atoms with E-state index in [9.17, 15) is 18.0 Å². The Bertz CT molecular complexity index is 805. The Labute approximate surface area is 142 Å². The number of benzene rings is 2. The van der Waals surface area contributed by atoms with Crippen LogP contribution in [0.5, 0.6) is 0 Å². The summed E-state index contributed by atoms with van der Waals surface area (Å²) in [4.78, 5) is 13.1. The van der Waals surface area contributed by atoms with Crippen molar-refractivity contribution in [1.82, 2.24) is 0 Å². The Hall–Kier alpha value is -3.03. The highest BCUT2D eigenvalue weighted by Crippen LogP contribution is 2.32. The van der Waals surface area contributed by atoms with Crippen LogP contribution in [0.25, 0.3) is 0 Å². The molecular formula is C17H15F3N4O. The van der Waals surface area contributed by atoms with E-state index >= 15 is 0 Å². The van der Waals surface area contributed by atoms with Crippen LogP contribution in [-0.2, 0) is 6.18 Å². The lowest BCUT2D eigenvalue weighted by molar-refractivity contribution is -0.137. The maximum Gasteiger partial charge on any atom is 0.416 e. The average Bonchev–Trinajstić information content (AvgIpc) is 3.04. The highest BCUT2D eigenvalue weighted by Gasteiger charge is 2.32. The van der Waals surface area contributed by atoms with E-state index in [2.05, 4.69) is 5.10 Å². The maximum absolute atomic E-state index is 12.9. The quantitative estimate of drug-likeness (QED) is 0.897. The van der Waals surface area contributed by atoms with Crippen LogP contribution in [0.3, 0.4) is 0 Å². The number of amides is 2. The maximum atomic E-state index is 12.9. The van der Waals surface area contributed by atoms with Gasteiger partial charge in [0.05, 0.1) is 16.9 Å². The van der Waals surface area contributed by atoms with Crippen LogP contribution in [0.2, 0.25) is 0 Å². The first-order chi connectivity index (χ1) is 11.9. The van der Waals surface area contributed by atoms with Crippen LogP contribution in [0.4, 0.5) is 29.3 Å². The molecule has 25 heavy (non-hydrogen) atoms. The summed E-state index contributed by atoms with van der Waals surface area (Å²) in [5, 5.41) is 5.72. The van der Waals surface area contributed by atoms with Gasteiger partial charge in [-0.05, 0) is 30.3 Å². The average molecular weight is 348 g/mol. The van der Waals surface area contributed by atoms with E-state index < -0.39 is 17.8 Å². The Kier molecular flexibility index (Phi) is 4.35. The zero-order valence-electron chi connectivity index (χ0n) is 13.1. The van der Waals surface area contributed by atoms with E-state index in [1.807, 2.05) is 0 Å². The molecule has 5 nitrogen and oxygen atoms in total. The topological polar surface area (TPSA) is 61.9 Å². The first-order valence-electron chi connectivity index (χ1n) is 7.53. The summed E-state index contributed by atoms with van der Waals surface area (Å²) in [7, 11) is 0. The summed E-state index contributed by atoms with van der Waals surface area (Å²) in [6, 6.07) is 12.9. The molecule has 0 saturated carbocycles. The number of amidine groups is 1. The number of rotatable bonds is 2. The number of anilines is 2. The Morgan fingerprint density at radius 2 is 1.84 bits per heavy atom. The number of carbonyl (C=O) groups is 1. The predicted octanol–water partition coefficient (Wildman–Crippen LogP) is 3.81. The van der Waals surface area contributed by atoms with Gasteiger partial charge in [-0.2, -0.15) is 18.3 Å². The van der Waals surface area contributed by atoms with Crippen LogP contribution >= 0.6 is 0 Å². The summed E-state index contributed by atoms with van der Waals surface area (Å²) in [5.41, 5.74) is 5.57. The van der Waals surface area contributed by atoms with E-state index in [1.165, 1.54) is 16.0 Å². The molecule has 0 saturated heterocycles. The van der Waals surface area contributed by atoms with Gasteiger partial charge >= 0.3 is 12.2 Å². The molecule has 1 aliphatic heterocycles. The molecule has 3 rings (SSSR count). The Balaban J connectivity index is 1.90. The van der Waals surface area contributed by atoms with Crippen molar-refractivity contribution in [3.8, 4) is 0 Å². The molecule has 8 heteroatoms. The van der Waals surface area contributed by atoms with E-state index in [0.29, 0.717) is 30.2 Å². The van der Waals surface area contributed by atoms with Gasteiger partial charge in [0.15, 0.2) is 0 Å². The van der Waals surface area contributed by atoms with Gasteiger partial charge in [-0.15, -0.1) is 0 Å². The highest BCUT2D eigenvalue weighted by atomic mass is 19.4. The highest BCUT2D eigenvalue weighted by molar-refractivity contribution is 6.16. The number of hydrazone groups is 1. The third-order valence-electron chi connectivity index (χ3n) is 3.75. The van der Waals surface area contributed by atoms with Crippen LogP contribution in [0.1, 0.15) is 12.0 Å². The van der Waals surface area contributed by atoms with Gasteiger partial charge in [-0.3, -0.25) is 5.01 Å². The second-order valence-corrected chi connectivity index (χ2v) is 5.45. The molecule has 0 bridgehead atoms. The molecule has 1 heterocycles. The molecule has 0 aliphatic carbocycles. The lowest BCUT2D eigenvalue weighted by Gasteiger charge is -2.19. The van der Waals surface area contributed by atoms with Crippen molar-refractivity contribution in [2.45, 2.75) is 12.6 Å². The number of hydrogen-bond acceptors (Lipinski definition) is 3. The molecule has 0 radical (unpaired) electrons. The van der Waals surface area contributed by atoms with Gasteiger partial charge in [-0.25, -0.2) is 9.69 Å².